The Morgan fingerprint density at radius 2 is 2.11 bits per heavy atom. The van der Waals surface area contributed by atoms with Gasteiger partial charge in [-0.2, -0.15) is 13.2 Å². The predicted molar refractivity (Wildman–Crippen MR) is 88.6 cm³/mol. The highest BCUT2D eigenvalue weighted by Gasteiger charge is 2.28. The lowest BCUT2D eigenvalue weighted by Crippen LogP contribution is -2.30. The van der Waals surface area contributed by atoms with E-state index in [4.69, 9.17) is 14.3 Å². The summed E-state index contributed by atoms with van der Waals surface area (Å²) >= 11 is 0. The van der Waals surface area contributed by atoms with Crippen molar-refractivity contribution in [3.8, 4) is 5.75 Å². The quantitative estimate of drug-likeness (QED) is 0.659. The molecule has 0 spiro atoms. The minimum Gasteiger partial charge on any atom is -0.494 e. The molecule has 0 aliphatic carbocycles. The summed E-state index contributed by atoms with van der Waals surface area (Å²) in [7, 11) is 0. The molecule has 27 heavy (non-hydrogen) atoms. The van der Waals surface area contributed by atoms with E-state index in [1.807, 2.05) is 0 Å². The third-order valence-corrected chi connectivity index (χ3v) is 3.80. The Kier molecular flexibility index (Phi) is 6.65. The molecule has 0 saturated carbocycles. The van der Waals surface area contributed by atoms with E-state index in [1.54, 1.807) is 38.1 Å². The van der Waals surface area contributed by atoms with Gasteiger partial charge in [-0.15, -0.1) is 10.2 Å². The van der Waals surface area contributed by atoms with Crippen LogP contribution < -0.4 is 10.1 Å². The summed E-state index contributed by atoms with van der Waals surface area (Å²) in [6, 6.07) is 5.78. The number of hydrogen-bond donors (Lipinski definition) is 2. The molecule has 0 radical (unpaired) electrons. The molecule has 7 nitrogen and oxygen atoms in total. The molecule has 0 fully saturated rings. The fourth-order valence-electron chi connectivity index (χ4n) is 2.53. The molecule has 10 heteroatoms. The van der Waals surface area contributed by atoms with E-state index >= 15 is 0 Å². The van der Waals surface area contributed by atoms with Crippen molar-refractivity contribution < 1.29 is 32.2 Å². The van der Waals surface area contributed by atoms with Gasteiger partial charge in [-0.05, 0) is 24.1 Å². The molecule has 2 atom stereocenters. The van der Waals surface area contributed by atoms with Crippen molar-refractivity contribution in [1.82, 2.24) is 15.5 Å². The topological polar surface area (TPSA) is 97.5 Å². The van der Waals surface area contributed by atoms with Crippen molar-refractivity contribution in [1.29, 1.82) is 0 Å². The van der Waals surface area contributed by atoms with Gasteiger partial charge in [0, 0.05) is 13.3 Å². The van der Waals surface area contributed by atoms with E-state index in [-0.39, 0.29) is 18.9 Å². The average molecular weight is 387 g/mol. The number of alkyl halides is 3. The lowest BCUT2D eigenvalue weighted by molar-refractivity contribution is -0.136. The van der Waals surface area contributed by atoms with Gasteiger partial charge in [0.25, 0.3) is 0 Å². The van der Waals surface area contributed by atoms with Gasteiger partial charge in [-0.25, -0.2) is 4.79 Å². The molecule has 0 aliphatic heterocycles. The van der Waals surface area contributed by atoms with Crippen molar-refractivity contribution in [2.75, 3.05) is 6.61 Å². The number of aryl methyl sites for hydroxylation is 1. The molecular formula is C17H20F3N3O4. The number of amides is 1. The number of halogens is 3. The lowest BCUT2D eigenvalue weighted by Gasteiger charge is -2.22. The molecule has 2 aromatic rings. The van der Waals surface area contributed by atoms with Crippen LogP contribution in [0.25, 0.3) is 0 Å². The minimum absolute atomic E-state index is 0.0988. The summed E-state index contributed by atoms with van der Waals surface area (Å²) < 4.78 is 47.3. The Labute approximate surface area is 153 Å². The standard InChI is InChI=1S/C17H20F3N3O4/c1-10(15-23-22-11(2)27-15)14(21-16(24)25)12-5-3-6-13(9-12)26-8-4-7-17(18,19)20/h3,5-6,9-10,14,21H,4,7-8H2,1-2H3,(H,24,25). The Morgan fingerprint density at radius 1 is 1.37 bits per heavy atom. The third kappa shape index (κ3) is 6.46. The summed E-state index contributed by atoms with van der Waals surface area (Å²) in [5.74, 6) is 0.499. The van der Waals surface area contributed by atoms with Gasteiger partial charge in [0.05, 0.1) is 18.6 Å². The number of nitrogens with one attached hydrogen (secondary N) is 1. The summed E-state index contributed by atoms with van der Waals surface area (Å²) in [6.07, 6.45) is -6.55. The van der Waals surface area contributed by atoms with Crippen molar-refractivity contribution in [2.24, 2.45) is 0 Å². The fourth-order valence-corrected chi connectivity index (χ4v) is 2.53. The summed E-state index contributed by atoms with van der Waals surface area (Å²) in [5.41, 5.74) is 0.564. The maximum Gasteiger partial charge on any atom is 0.405 e. The van der Waals surface area contributed by atoms with Crippen LogP contribution in [0.4, 0.5) is 18.0 Å². The smallest absolute Gasteiger partial charge is 0.405 e. The van der Waals surface area contributed by atoms with E-state index in [9.17, 15) is 18.0 Å². The Hall–Kier alpha value is -2.78. The molecule has 148 valence electrons. The Bertz CT molecular complexity index is 764. The number of carboxylic acid groups (broad SMARTS) is 1. The molecule has 2 rings (SSSR count). The summed E-state index contributed by atoms with van der Waals surface area (Å²) in [6.45, 7) is 3.25. The number of hydrogen-bond acceptors (Lipinski definition) is 5. The first-order valence-electron chi connectivity index (χ1n) is 8.24. The molecule has 0 bridgehead atoms. The van der Waals surface area contributed by atoms with Gasteiger partial charge < -0.3 is 19.6 Å². The van der Waals surface area contributed by atoms with Crippen LogP contribution in [0.3, 0.4) is 0 Å². The number of rotatable bonds is 8. The molecule has 1 aromatic carbocycles. The van der Waals surface area contributed by atoms with Gasteiger partial charge in [0.2, 0.25) is 11.8 Å². The predicted octanol–water partition coefficient (Wildman–Crippen LogP) is 4.21. The fraction of sp³-hybridized carbons (Fsp3) is 0.471. The zero-order valence-electron chi connectivity index (χ0n) is 14.8. The average Bonchev–Trinajstić information content (AvgIpc) is 3.02. The second-order valence-corrected chi connectivity index (χ2v) is 6.01. The highest BCUT2D eigenvalue weighted by atomic mass is 19.4. The molecule has 0 saturated heterocycles. The highest BCUT2D eigenvalue weighted by Crippen LogP contribution is 2.32. The van der Waals surface area contributed by atoms with Crippen LogP contribution in [-0.4, -0.2) is 34.2 Å². The maximum atomic E-state index is 12.2. The van der Waals surface area contributed by atoms with Gasteiger partial charge >= 0.3 is 12.3 Å². The first-order valence-corrected chi connectivity index (χ1v) is 8.24. The van der Waals surface area contributed by atoms with Gasteiger partial charge in [0.1, 0.15) is 5.75 Å². The first-order chi connectivity index (χ1) is 12.7. The molecule has 0 aliphatic rings. The minimum atomic E-state index is -4.22. The van der Waals surface area contributed by atoms with Crippen molar-refractivity contribution in [3.63, 3.8) is 0 Å². The monoisotopic (exact) mass is 387 g/mol. The Morgan fingerprint density at radius 3 is 2.70 bits per heavy atom. The summed E-state index contributed by atoms with van der Waals surface area (Å²) in [5, 5.41) is 19.2. The molecule has 1 heterocycles. The van der Waals surface area contributed by atoms with Crippen LogP contribution in [0.15, 0.2) is 28.7 Å². The van der Waals surface area contributed by atoms with Crippen LogP contribution >= 0.6 is 0 Å². The SMILES string of the molecule is Cc1nnc(C(C)C(NC(=O)O)c2cccc(OCCCC(F)(F)F)c2)o1. The molecule has 1 aromatic heterocycles. The third-order valence-electron chi connectivity index (χ3n) is 3.80. The molecular weight excluding hydrogens is 367 g/mol. The molecule has 1 amide bonds. The normalized spacial score (nSPS) is 13.8. The number of nitrogens with zero attached hydrogens (tertiary/aromatic N) is 2. The number of benzene rings is 1. The number of ether oxygens (including phenoxy) is 1. The van der Waals surface area contributed by atoms with Gasteiger partial charge in [0.15, 0.2) is 0 Å². The van der Waals surface area contributed by atoms with E-state index < -0.39 is 30.7 Å². The van der Waals surface area contributed by atoms with E-state index in [1.165, 1.54) is 0 Å². The zero-order chi connectivity index (χ0) is 20.0. The number of carbonyl (C=O) groups is 1. The van der Waals surface area contributed by atoms with Gasteiger partial charge in [-0.3, -0.25) is 0 Å². The first kappa shape index (κ1) is 20.5. The van der Waals surface area contributed by atoms with E-state index in [0.717, 1.165) is 0 Å². The van der Waals surface area contributed by atoms with Crippen LogP contribution in [0.1, 0.15) is 49.1 Å². The van der Waals surface area contributed by atoms with Gasteiger partial charge in [-0.1, -0.05) is 19.1 Å². The number of aromatic nitrogens is 2. The van der Waals surface area contributed by atoms with Crippen molar-refractivity contribution in [2.45, 2.75) is 44.8 Å². The second-order valence-electron chi connectivity index (χ2n) is 6.01. The highest BCUT2D eigenvalue weighted by molar-refractivity contribution is 5.65. The van der Waals surface area contributed by atoms with Crippen LogP contribution in [0.2, 0.25) is 0 Å². The van der Waals surface area contributed by atoms with E-state index in [0.29, 0.717) is 17.2 Å². The zero-order valence-corrected chi connectivity index (χ0v) is 14.8. The molecule has 2 unspecified atom stereocenters. The summed E-state index contributed by atoms with van der Waals surface area (Å²) in [4.78, 5) is 11.2. The largest absolute Gasteiger partial charge is 0.494 e. The molecule has 2 N–H and O–H groups in total. The maximum absolute atomic E-state index is 12.2. The van der Waals surface area contributed by atoms with E-state index in [2.05, 4.69) is 15.5 Å². The van der Waals surface area contributed by atoms with Crippen LogP contribution in [0.5, 0.6) is 5.75 Å². The van der Waals surface area contributed by atoms with Crippen molar-refractivity contribution in [3.05, 3.63) is 41.6 Å². The van der Waals surface area contributed by atoms with Crippen LogP contribution in [0, 0.1) is 6.92 Å². The van der Waals surface area contributed by atoms with Crippen molar-refractivity contribution >= 4 is 6.09 Å². The lowest BCUT2D eigenvalue weighted by atomic mass is 9.94. The van der Waals surface area contributed by atoms with Crippen LogP contribution in [-0.2, 0) is 0 Å². The Balaban J connectivity index is 2.12. The second kappa shape index (κ2) is 8.74.